The number of rotatable bonds is 7. The highest BCUT2D eigenvalue weighted by molar-refractivity contribution is 5.27. The minimum absolute atomic E-state index is 0.740. The van der Waals surface area contributed by atoms with Gasteiger partial charge >= 0.3 is 0 Å². The van der Waals surface area contributed by atoms with Crippen LogP contribution < -0.4 is 0 Å². The average molecular weight is 369 g/mol. The molecule has 1 aromatic heterocycles. The van der Waals surface area contributed by atoms with Crippen LogP contribution in [-0.4, -0.2) is 58.9 Å². The lowest BCUT2D eigenvalue weighted by molar-refractivity contribution is 0.105. The number of benzene rings is 1. The molecule has 0 aliphatic carbocycles. The molecule has 0 saturated carbocycles. The van der Waals surface area contributed by atoms with E-state index in [-0.39, 0.29) is 0 Å². The molecule has 0 spiro atoms. The van der Waals surface area contributed by atoms with E-state index in [0.717, 1.165) is 45.8 Å². The summed E-state index contributed by atoms with van der Waals surface area (Å²) in [7, 11) is 0. The number of fused-ring (bicyclic) bond motifs is 1. The molecule has 0 radical (unpaired) electrons. The van der Waals surface area contributed by atoms with Crippen LogP contribution in [0.1, 0.15) is 35.9 Å². The summed E-state index contributed by atoms with van der Waals surface area (Å²) in [5.74, 6) is 0. The third-order valence-electron chi connectivity index (χ3n) is 5.90. The number of hydrogen-bond donors (Lipinski definition) is 0. The highest BCUT2D eigenvalue weighted by atomic mass is 16.5. The van der Waals surface area contributed by atoms with Crippen LogP contribution >= 0.6 is 0 Å². The third kappa shape index (κ3) is 4.60. The second-order valence-corrected chi connectivity index (χ2v) is 7.70. The molecule has 27 heavy (non-hydrogen) atoms. The van der Waals surface area contributed by atoms with Crippen molar-refractivity contribution in [1.29, 1.82) is 0 Å². The van der Waals surface area contributed by atoms with Gasteiger partial charge in [0.25, 0.3) is 0 Å². The first-order valence-electron chi connectivity index (χ1n) is 10.5. The number of aromatic nitrogens is 2. The predicted octanol–water partition coefficient (Wildman–Crippen LogP) is 2.73. The van der Waals surface area contributed by atoms with Crippen molar-refractivity contribution >= 4 is 0 Å². The van der Waals surface area contributed by atoms with Crippen LogP contribution in [0, 0.1) is 0 Å². The summed E-state index contributed by atoms with van der Waals surface area (Å²) in [6.07, 6.45) is 3.43. The molecule has 0 unspecified atom stereocenters. The number of nitrogens with zero attached hydrogens (tertiary/aromatic N) is 4. The van der Waals surface area contributed by atoms with Crippen molar-refractivity contribution < 1.29 is 4.74 Å². The van der Waals surface area contributed by atoms with Crippen molar-refractivity contribution in [3.05, 3.63) is 52.8 Å². The Hall–Kier alpha value is -1.69. The molecule has 2 aliphatic rings. The van der Waals surface area contributed by atoms with Gasteiger partial charge in [0.05, 0.1) is 18.9 Å². The van der Waals surface area contributed by atoms with E-state index in [9.17, 15) is 0 Å². The van der Waals surface area contributed by atoms with E-state index in [1.807, 2.05) is 0 Å². The minimum Gasteiger partial charge on any atom is -0.376 e. The topological polar surface area (TPSA) is 33.5 Å². The Morgan fingerprint density at radius 2 is 1.81 bits per heavy atom. The van der Waals surface area contributed by atoms with Crippen LogP contribution in [0.25, 0.3) is 0 Å². The fourth-order valence-electron chi connectivity index (χ4n) is 4.30. The molecule has 3 heterocycles. The Morgan fingerprint density at radius 3 is 2.59 bits per heavy atom. The lowest BCUT2D eigenvalue weighted by Gasteiger charge is -2.34. The maximum Gasteiger partial charge on any atom is 0.0822 e. The zero-order chi connectivity index (χ0) is 18.5. The maximum atomic E-state index is 5.70. The van der Waals surface area contributed by atoms with Gasteiger partial charge in [-0.3, -0.25) is 9.58 Å². The van der Waals surface area contributed by atoms with Crippen molar-refractivity contribution in [2.75, 3.05) is 39.3 Å². The van der Waals surface area contributed by atoms with E-state index in [1.165, 1.54) is 55.0 Å². The second kappa shape index (κ2) is 9.00. The van der Waals surface area contributed by atoms with Gasteiger partial charge in [-0.15, -0.1) is 0 Å². The van der Waals surface area contributed by atoms with Crippen molar-refractivity contribution in [2.24, 2.45) is 0 Å². The predicted molar refractivity (Wildman–Crippen MR) is 108 cm³/mol. The molecule has 5 heteroatoms. The highest BCUT2D eigenvalue weighted by Crippen LogP contribution is 2.22. The van der Waals surface area contributed by atoms with Crippen LogP contribution in [0.2, 0.25) is 0 Å². The molecule has 4 rings (SSSR count). The summed E-state index contributed by atoms with van der Waals surface area (Å²) >= 11 is 0. The van der Waals surface area contributed by atoms with Gasteiger partial charge in [0.1, 0.15) is 0 Å². The monoisotopic (exact) mass is 368 g/mol. The first-order chi connectivity index (χ1) is 13.3. The van der Waals surface area contributed by atoms with Crippen molar-refractivity contribution in [3.8, 4) is 0 Å². The van der Waals surface area contributed by atoms with Gasteiger partial charge in [0.2, 0.25) is 0 Å². The highest BCUT2D eigenvalue weighted by Gasteiger charge is 2.23. The number of aryl methyl sites for hydroxylation is 2. The molecule has 1 aromatic carbocycles. The van der Waals surface area contributed by atoms with Crippen molar-refractivity contribution in [1.82, 2.24) is 19.6 Å². The van der Waals surface area contributed by atoms with Crippen LogP contribution in [0.5, 0.6) is 0 Å². The van der Waals surface area contributed by atoms with E-state index >= 15 is 0 Å². The average Bonchev–Trinajstić information content (AvgIpc) is 3.08. The summed E-state index contributed by atoms with van der Waals surface area (Å²) in [5.41, 5.74) is 5.45. The van der Waals surface area contributed by atoms with Gasteiger partial charge in [0.15, 0.2) is 0 Å². The minimum atomic E-state index is 0.740. The van der Waals surface area contributed by atoms with Gasteiger partial charge in [-0.1, -0.05) is 30.3 Å². The number of piperazine rings is 1. The molecule has 146 valence electrons. The Labute approximate surface area is 162 Å². The summed E-state index contributed by atoms with van der Waals surface area (Å²) in [6, 6.07) is 10.8. The van der Waals surface area contributed by atoms with Gasteiger partial charge in [-0.05, 0) is 31.9 Å². The SMILES string of the molecule is CCn1nc(CN2CCN(CCCc3ccccc3)CC2)c2c1CCOC2. The van der Waals surface area contributed by atoms with Crippen LogP contribution in [0.15, 0.2) is 30.3 Å². The summed E-state index contributed by atoms with van der Waals surface area (Å²) < 4.78 is 7.89. The lowest BCUT2D eigenvalue weighted by atomic mass is 10.1. The van der Waals surface area contributed by atoms with E-state index in [1.54, 1.807) is 0 Å². The van der Waals surface area contributed by atoms with Gasteiger partial charge in [-0.2, -0.15) is 5.10 Å². The molecule has 0 amide bonds. The molecule has 1 fully saturated rings. The van der Waals surface area contributed by atoms with Gasteiger partial charge < -0.3 is 9.64 Å². The van der Waals surface area contributed by atoms with E-state index in [0.29, 0.717) is 0 Å². The Balaban J connectivity index is 1.24. The van der Waals surface area contributed by atoms with Crippen molar-refractivity contribution in [2.45, 2.75) is 45.9 Å². The van der Waals surface area contributed by atoms with Crippen LogP contribution in [0.4, 0.5) is 0 Å². The molecule has 0 atom stereocenters. The normalized spacial score (nSPS) is 18.6. The van der Waals surface area contributed by atoms with Crippen LogP contribution in [0.3, 0.4) is 0 Å². The van der Waals surface area contributed by atoms with E-state index < -0.39 is 0 Å². The van der Waals surface area contributed by atoms with Gasteiger partial charge in [-0.25, -0.2) is 0 Å². The third-order valence-corrected chi connectivity index (χ3v) is 5.90. The summed E-state index contributed by atoms with van der Waals surface area (Å²) in [6.45, 7) is 11.5. The molecular weight excluding hydrogens is 336 g/mol. The molecule has 5 nitrogen and oxygen atoms in total. The van der Waals surface area contributed by atoms with E-state index in [4.69, 9.17) is 9.84 Å². The smallest absolute Gasteiger partial charge is 0.0822 e. The molecular formula is C22H32N4O. The van der Waals surface area contributed by atoms with E-state index in [2.05, 4.69) is 51.7 Å². The standard InChI is InChI=1S/C22H32N4O/c1-2-26-22-10-16-27-18-20(22)21(23-26)17-25-14-12-24(13-15-25)11-6-9-19-7-4-3-5-8-19/h3-5,7-8H,2,6,9-18H2,1H3. The molecule has 2 aromatic rings. The number of ether oxygens (including phenoxy) is 1. The first-order valence-corrected chi connectivity index (χ1v) is 10.5. The molecule has 0 bridgehead atoms. The van der Waals surface area contributed by atoms with Crippen molar-refractivity contribution in [3.63, 3.8) is 0 Å². The van der Waals surface area contributed by atoms with Crippen LogP contribution in [-0.2, 0) is 37.3 Å². The summed E-state index contributed by atoms with van der Waals surface area (Å²) in [5, 5.41) is 4.89. The zero-order valence-electron chi connectivity index (χ0n) is 16.6. The molecule has 2 aliphatic heterocycles. The second-order valence-electron chi connectivity index (χ2n) is 7.70. The zero-order valence-corrected chi connectivity index (χ0v) is 16.6. The fraction of sp³-hybridized carbons (Fsp3) is 0.591. The molecule has 1 saturated heterocycles. The lowest BCUT2D eigenvalue weighted by Crippen LogP contribution is -2.46. The number of hydrogen-bond acceptors (Lipinski definition) is 4. The fourth-order valence-corrected chi connectivity index (χ4v) is 4.30. The Kier molecular flexibility index (Phi) is 6.22. The maximum absolute atomic E-state index is 5.70. The van der Waals surface area contributed by atoms with Gasteiger partial charge in [0, 0.05) is 56.9 Å². The quantitative estimate of drug-likeness (QED) is 0.752. The summed E-state index contributed by atoms with van der Waals surface area (Å²) in [4.78, 5) is 5.17. The Morgan fingerprint density at radius 1 is 1.04 bits per heavy atom. The first kappa shape index (κ1) is 18.7. The molecule has 0 N–H and O–H groups in total. The Bertz CT molecular complexity index is 719. The largest absolute Gasteiger partial charge is 0.376 e.